The van der Waals surface area contributed by atoms with Gasteiger partial charge in [0.2, 0.25) is 5.91 Å². The van der Waals surface area contributed by atoms with Crippen molar-refractivity contribution in [2.45, 2.75) is 25.7 Å². The summed E-state index contributed by atoms with van der Waals surface area (Å²) in [5.41, 5.74) is 1.94. The molecule has 0 radical (unpaired) electrons. The molecule has 1 heterocycles. The molecule has 3 aromatic rings. The topological polar surface area (TPSA) is 45.7 Å². The number of aryl methyl sites for hydroxylation is 1. The number of aromatic nitrogens is 1. The summed E-state index contributed by atoms with van der Waals surface area (Å²) in [5.74, 6) is 1.11. The van der Waals surface area contributed by atoms with E-state index in [4.69, 9.17) is 21.3 Å². The Balaban J connectivity index is 0.00000363. The zero-order valence-electron chi connectivity index (χ0n) is 18.8. The molecule has 0 aliphatic heterocycles. The van der Waals surface area contributed by atoms with Crippen molar-refractivity contribution in [1.82, 2.24) is 9.88 Å². The highest BCUT2D eigenvalue weighted by Gasteiger charge is 2.22. The summed E-state index contributed by atoms with van der Waals surface area (Å²) in [6.07, 6.45) is 0. The number of nitrogens with zero attached hydrogens (tertiary/aromatic N) is 3. The summed E-state index contributed by atoms with van der Waals surface area (Å²) in [4.78, 5) is 23.3. The Morgan fingerprint density at radius 3 is 2.44 bits per heavy atom. The fraction of sp³-hybridized carbons (Fsp3) is 0.391. The summed E-state index contributed by atoms with van der Waals surface area (Å²) in [7, 11) is 1.65. The lowest BCUT2D eigenvalue weighted by molar-refractivity contribution is -0.116. The van der Waals surface area contributed by atoms with Gasteiger partial charge in [-0.05, 0) is 55.9 Å². The van der Waals surface area contributed by atoms with E-state index >= 15 is 0 Å². The molecule has 0 fully saturated rings. The Morgan fingerprint density at radius 2 is 1.81 bits per heavy atom. The lowest BCUT2D eigenvalue weighted by atomic mass is 10.2. The van der Waals surface area contributed by atoms with E-state index in [1.165, 1.54) is 11.8 Å². The molecule has 0 bridgehead atoms. The Kier molecular flexibility index (Phi) is 10.6. The number of carbonyl (C=O) groups is 1. The van der Waals surface area contributed by atoms with Crippen LogP contribution in [0.2, 0.25) is 5.02 Å². The molecule has 5 nitrogen and oxygen atoms in total. The van der Waals surface area contributed by atoms with Crippen LogP contribution in [0.1, 0.15) is 19.4 Å². The SMILES string of the molecule is CCN(CC)CCN(C(=O)CSc1ccc(Cl)cc1)c1nc2c(OC)ccc(C)c2s1.Cl. The van der Waals surface area contributed by atoms with Gasteiger partial charge in [-0.15, -0.1) is 24.2 Å². The number of hydrogen-bond acceptors (Lipinski definition) is 6. The summed E-state index contributed by atoms with van der Waals surface area (Å²) in [6.45, 7) is 9.63. The number of fused-ring (bicyclic) bond motifs is 1. The van der Waals surface area contributed by atoms with Gasteiger partial charge < -0.3 is 9.64 Å². The fourth-order valence-electron chi connectivity index (χ4n) is 3.24. The number of carbonyl (C=O) groups excluding carboxylic acids is 1. The first-order valence-corrected chi connectivity index (χ1v) is 12.5. The number of ether oxygens (including phenoxy) is 1. The van der Waals surface area contributed by atoms with E-state index in [0.29, 0.717) is 17.3 Å². The highest BCUT2D eigenvalue weighted by atomic mass is 35.5. The van der Waals surface area contributed by atoms with Crippen LogP contribution in [0.5, 0.6) is 5.75 Å². The number of halogens is 2. The van der Waals surface area contributed by atoms with Crippen molar-refractivity contribution < 1.29 is 9.53 Å². The number of hydrogen-bond donors (Lipinski definition) is 0. The highest BCUT2D eigenvalue weighted by Crippen LogP contribution is 2.36. The minimum absolute atomic E-state index is 0. The second-order valence-electron chi connectivity index (χ2n) is 7.07. The van der Waals surface area contributed by atoms with E-state index in [9.17, 15) is 4.79 Å². The molecule has 1 amide bonds. The second-order valence-corrected chi connectivity index (χ2v) is 9.54. The average Bonchev–Trinajstić information content (AvgIpc) is 3.22. The molecule has 0 spiro atoms. The Labute approximate surface area is 209 Å². The smallest absolute Gasteiger partial charge is 0.239 e. The number of methoxy groups -OCH3 is 1. The third-order valence-electron chi connectivity index (χ3n) is 5.15. The number of rotatable bonds is 10. The average molecular weight is 515 g/mol. The maximum atomic E-state index is 13.3. The van der Waals surface area contributed by atoms with Crippen molar-refractivity contribution >= 4 is 68.4 Å². The first kappa shape index (κ1) is 26.7. The zero-order chi connectivity index (χ0) is 22.4. The van der Waals surface area contributed by atoms with Crippen molar-refractivity contribution in [2.75, 3.05) is 43.9 Å². The second kappa shape index (κ2) is 12.7. The molecule has 9 heteroatoms. The first-order chi connectivity index (χ1) is 15.0. The van der Waals surface area contributed by atoms with Crippen LogP contribution in [-0.2, 0) is 4.79 Å². The molecular formula is C23H29Cl2N3O2S2. The maximum Gasteiger partial charge on any atom is 0.239 e. The van der Waals surface area contributed by atoms with Gasteiger partial charge in [0.15, 0.2) is 5.13 Å². The lowest BCUT2D eigenvalue weighted by Crippen LogP contribution is -2.39. The van der Waals surface area contributed by atoms with Crippen molar-refractivity contribution in [3.05, 3.63) is 47.0 Å². The van der Waals surface area contributed by atoms with Crippen LogP contribution in [0.15, 0.2) is 41.3 Å². The maximum absolute atomic E-state index is 13.3. The van der Waals surface area contributed by atoms with E-state index in [0.717, 1.165) is 51.2 Å². The molecule has 174 valence electrons. The van der Waals surface area contributed by atoms with Crippen LogP contribution < -0.4 is 9.64 Å². The van der Waals surface area contributed by atoms with E-state index in [-0.39, 0.29) is 18.3 Å². The van der Waals surface area contributed by atoms with Crippen LogP contribution in [0.4, 0.5) is 5.13 Å². The summed E-state index contributed by atoms with van der Waals surface area (Å²) < 4.78 is 6.56. The summed E-state index contributed by atoms with van der Waals surface area (Å²) >= 11 is 9.03. The van der Waals surface area contributed by atoms with E-state index in [2.05, 4.69) is 25.7 Å². The van der Waals surface area contributed by atoms with Crippen molar-refractivity contribution in [2.24, 2.45) is 0 Å². The molecule has 0 saturated heterocycles. The van der Waals surface area contributed by atoms with Gasteiger partial charge in [-0.2, -0.15) is 0 Å². The molecule has 0 saturated carbocycles. The van der Waals surface area contributed by atoms with Crippen molar-refractivity contribution in [3.8, 4) is 5.75 Å². The number of likely N-dealkylation sites (N-methyl/N-ethyl adjacent to an activating group) is 1. The molecule has 2 aromatic carbocycles. The molecule has 0 N–H and O–H groups in total. The first-order valence-electron chi connectivity index (χ1n) is 10.3. The molecule has 3 rings (SSSR count). The number of anilines is 1. The van der Waals surface area contributed by atoms with Gasteiger partial charge in [0.25, 0.3) is 0 Å². The molecule has 1 aromatic heterocycles. The molecule has 0 aliphatic carbocycles. The summed E-state index contributed by atoms with van der Waals surface area (Å²) in [5, 5.41) is 1.41. The predicted molar refractivity (Wildman–Crippen MR) is 140 cm³/mol. The van der Waals surface area contributed by atoms with Gasteiger partial charge in [-0.3, -0.25) is 9.69 Å². The quantitative estimate of drug-likeness (QED) is 0.304. The fourth-order valence-corrected chi connectivity index (χ4v) is 5.24. The highest BCUT2D eigenvalue weighted by molar-refractivity contribution is 8.00. The monoisotopic (exact) mass is 513 g/mol. The van der Waals surface area contributed by atoms with E-state index < -0.39 is 0 Å². The van der Waals surface area contributed by atoms with E-state index in [1.807, 2.05) is 41.3 Å². The van der Waals surface area contributed by atoms with Gasteiger partial charge in [0.1, 0.15) is 11.3 Å². The number of thioether (sulfide) groups is 1. The zero-order valence-corrected chi connectivity index (χ0v) is 22.0. The normalized spacial score (nSPS) is 10.9. The van der Waals surface area contributed by atoms with Crippen LogP contribution in [-0.4, -0.2) is 54.8 Å². The van der Waals surface area contributed by atoms with Crippen LogP contribution in [0.25, 0.3) is 10.2 Å². The number of benzene rings is 2. The van der Waals surface area contributed by atoms with Gasteiger partial charge in [-0.25, -0.2) is 4.98 Å². The minimum Gasteiger partial charge on any atom is -0.494 e. The Hall–Kier alpha value is -1.51. The number of thiazole rings is 1. The van der Waals surface area contributed by atoms with E-state index in [1.54, 1.807) is 18.4 Å². The van der Waals surface area contributed by atoms with Crippen molar-refractivity contribution in [1.29, 1.82) is 0 Å². The number of amides is 1. The molecule has 0 aliphatic rings. The largest absolute Gasteiger partial charge is 0.494 e. The molecule has 0 atom stereocenters. The van der Waals surface area contributed by atoms with Crippen LogP contribution in [0, 0.1) is 6.92 Å². The van der Waals surface area contributed by atoms with Gasteiger partial charge >= 0.3 is 0 Å². The molecule has 0 unspecified atom stereocenters. The van der Waals surface area contributed by atoms with Gasteiger partial charge in [-0.1, -0.05) is 42.9 Å². The third kappa shape index (κ3) is 6.51. The third-order valence-corrected chi connectivity index (χ3v) is 7.62. The van der Waals surface area contributed by atoms with Gasteiger partial charge in [0, 0.05) is 23.0 Å². The Morgan fingerprint density at radius 1 is 1.12 bits per heavy atom. The van der Waals surface area contributed by atoms with Crippen LogP contribution >= 0.6 is 47.1 Å². The van der Waals surface area contributed by atoms with Crippen LogP contribution in [0.3, 0.4) is 0 Å². The molecular weight excluding hydrogens is 485 g/mol. The minimum atomic E-state index is 0. The van der Waals surface area contributed by atoms with Crippen molar-refractivity contribution in [3.63, 3.8) is 0 Å². The Bertz CT molecular complexity index is 1020. The lowest BCUT2D eigenvalue weighted by Gasteiger charge is -2.24. The molecule has 32 heavy (non-hydrogen) atoms. The van der Waals surface area contributed by atoms with Gasteiger partial charge in [0.05, 0.1) is 17.6 Å². The summed E-state index contributed by atoms with van der Waals surface area (Å²) in [6, 6.07) is 11.5. The predicted octanol–water partition coefficient (Wildman–Crippen LogP) is 6.16. The standard InChI is InChI=1S/C23H28ClN3O2S2.ClH/c1-5-26(6-2)13-14-27(20(28)15-30-18-10-8-17(24)9-11-18)23-25-21-19(29-4)12-7-16(3)22(21)31-23;/h7-12H,5-6,13-15H2,1-4H3;1H.